The molecule has 3 aromatic heterocycles. The molecule has 8 nitrogen and oxygen atoms in total. The molecule has 8 bridgehead atoms. The van der Waals surface area contributed by atoms with Crippen molar-refractivity contribution in [2.45, 2.75) is 24.7 Å². The summed E-state index contributed by atoms with van der Waals surface area (Å²) in [6.45, 7) is 0. The van der Waals surface area contributed by atoms with Crippen molar-refractivity contribution in [2.24, 2.45) is 0 Å². The van der Waals surface area contributed by atoms with Crippen molar-refractivity contribution in [1.29, 1.82) is 0 Å². The number of H-pyrrole nitrogens is 2. The van der Waals surface area contributed by atoms with E-state index in [1.54, 1.807) is 24.3 Å². The van der Waals surface area contributed by atoms with E-state index >= 15 is 0 Å². The van der Waals surface area contributed by atoms with Gasteiger partial charge in [0.25, 0.3) is 0 Å². The van der Waals surface area contributed by atoms with Crippen molar-refractivity contribution in [3.63, 3.8) is 0 Å². The van der Waals surface area contributed by atoms with Gasteiger partial charge in [0, 0.05) is 43.8 Å². The largest absolute Gasteiger partial charge is 0.417 e. The average Bonchev–Trinajstić information content (AvgIpc) is 3.84. The Morgan fingerprint density at radius 2 is 0.589 bits per heavy atom. The van der Waals surface area contributed by atoms with Crippen LogP contribution in [0.25, 0.3) is 89.7 Å². The summed E-state index contributed by atoms with van der Waals surface area (Å²) in [6, 6.07) is 18.4. The van der Waals surface area contributed by atoms with Gasteiger partial charge in [0.15, 0.2) is 23.3 Å². The zero-order chi connectivity index (χ0) is 39.7. The van der Waals surface area contributed by atoms with Gasteiger partial charge < -0.3 is 9.97 Å². The maximum Gasteiger partial charge on any atom is 0.417 e. The van der Waals surface area contributed by atoms with E-state index in [1.807, 2.05) is 0 Å². The van der Waals surface area contributed by atoms with E-state index in [0.717, 1.165) is 0 Å². The highest BCUT2D eigenvalue weighted by Crippen LogP contribution is 2.56. The molecule has 0 atom stereocenters. The first-order valence-corrected chi connectivity index (χ1v) is 15.9. The number of benzene rings is 4. The molecule has 20 heteroatoms. The van der Waals surface area contributed by atoms with Crippen LogP contribution in [-0.2, 0) is 24.7 Å². The average molecular weight is 787 g/mol. The van der Waals surface area contributed by atoms with Gasteiger partial charge in [-0.05, 0) is 0 Å². The molecule has 7 aromatic rings. The summed E-state index contributed by atoms with van der Waals surface area (Å²) >= 11 is 0. The zero-order valence-corrected chi connectivity index (χ0v) is 27.1. The fourth-order valence-corrected chi connectivity index (χ4v) is 7.03. The van der Waals surface area contributed by atoms with Crippen LogP contribution in [0.15, 0.2) is 72.8 Å². The Balaban J connectivity index is 1.61. The van der Waals surface area contributed by atoms with E-state index in [1.165, 1.54) is 48.5 Å². The smallest absolute Gasteiger partial charge is 0.324 e. The standard InChI is InChI=1S/C36H14F12N8/c37-33(38,39)21-19-20(22(34(40,41)42)24(36(46,47)48)23(21)35(43,44)45)32-55-30-18-12-6-4-10-16(18)28(53-30)51-26-14-8-2-1-7-13(14)25(49-26)50-27-15-9-3-5-11-17(15)29(52-27)54-31(19)56-32/h1-12H,(H2,49,50,51,52,53,54,55,56). The van der Waals surface area contributed by atoms with Crippen molar-refractivity contribution in [3.8, 4) is 45.6 Å². The molecule has 0 aliphatic carbocycles. The number of aromatic nitrogens is 8. The molecule has 4 aromatic carbocycles. The summed E-state index contributed by atoms with van der Waals surface area (Å²) in [6.07, 6.45) is -25.9. The van der Waals surface area contributed by atoms with E-state index in [4.69, 9.17) is 0 Å². The topological polar surface area (TPSA) is 109 Å². The minimum atomic E-state index is -6.63. The van der Waals surface area contributed by atoms with Gasteiger partial charge in [-0.15, -0.1) is 0 Å². The maximum absolute atomic E-state index is 15.0. The first-order chi connectivity index (χ1) is 26.3. The predicted octanol–water partition coefficient (Wildman–Crippen LogP) is 10.9. The van der Waals surface area contributed by atoms with Gasteiger partial charge in [0.05, 0.1) is 22.3 Å². The van der Waals surface area contributed by atoms with Crippen molar-refractivity contribution in [2.75, 3.05) is 0 Å². The third-order valence-corrected chi connectivity index (χ3v) is 9.13. The Bertz CT molecular complexity index is 2800. The minimum Gasteiger partial charge on any atom is -0.324 e. The second kappa shape index (κ2) is 11.5. The second-order valence-corrected chi connectivity index (χ2v) is 12.5. The molecule has 0 saturated carbocycles. The van der Waals surface area contributed by atoms with Gasteiger partial charge in [0.1, 0.15) is 22.6 Å². The van der Waals surface area contributed by atoms with Crippen LogP contribution in [-0.4, -0.2) is 39.9 Å². The van der Waals surface area contributed by atoms with Gasteiger partial charge in [-0.2, -0.15) is 52.7 Å². The lowest BCUT2D eigenvalue weighted by molar-refractivity contribution is -0.181. The number of alkyl halides is 12. The molecule has 0 fully saturated rings. The molecule has 9 rings (SSSR count). The van der Waals surface area contributed by atoms with E-state index in [0.29, 0.717) is 10.8 Å². The van der Waals surface area contributed by atoms with Gasteiger partial charge >= 0.3 is 24.7 Å². The molecular weight excluding hydrogens is 772 g/mol. The highest BCUT2D eigenvalue weighted by molar-refractivity contribution is 6.11. The minimum absolute atomic E-state index is 0.0260. The van der Waals surface area contributed by atoms with E-state index in [9.17, 15) is 52.7 Å². The molecule has 2 aliphatic heterocycles. The summed E-state index contributed by atoms with van der Waals surface area (Å²) in [7, 11) is 0. The molecule has 5 heterocycles. The number of halogens is 12. The molecule has 0 saturated heterocycles. The van der Waals surface area contributed by atoms with E-state index in [-0.39, 0.29) is 45.2 Å². The lowest BCUT2D eigenvalue weighted by Gasteiger charge is -2.25. The second-order valence-electron chi connectivity index (χ2n) is 12.5. The lowest BCUT2D eigenvalue weighted by Crippen LogP contribution is -2.27. The zero-order valence-electron chi connectivity index (χ0n) is 27.1. The fourth-order valence-electron chi connectivity index (χ4n) is 7.03. The Hall–Kier alpha value is -6.60. The first-order valence-electron chi connectivity index (χ1n) is 15.9. The first kappa shape index (κ1) is 35.1. The van der Waals surface area contributed by atoms with Crippen molar-refractivity contribution in [3.05, 3.63) is 95.1 Å². The quantitative estimate of drug-likeness (QED) is 0.148. The van der Waals surface area contributed by atoms with Crippen LogP contribution in [0, 0.1) is 0 Å². The van der Waals surface area contributed by atoms with Crippen LogP contribution in [0.5, 0.6) is 0 Å². The molecule has 0 radical (unpaired) electrons. The van der Waals surface area contributed by atoms with Crippen LogP contribution in [0.4, 0.5) is 52.7 Å². The van der Waals surface area contributed by atoms with Gasteiger partial charge in [-0.25, -0.2) is 29.9 Å². The number of rotatable bonds is 0. The Morgan fingerprint density at radius 1 is 0.321 bits per heavy atom. The number of nitrogens with zero attached hydrogens (tertiary/aromatic N) is 6. The molecule has 0 unspecified atom stereocenters. The number of nitrogens with one attached hydrogen (secondary N) is 2. The summed E-state index contributed by atoms with van der Waals surface area (Å²) < 4.78 is 177. The number of hydrogen-bond donors (Lipinski definition) is 2. The molecule has 56 heavy (non-hydrogen) atoms. The molecule has 2 N–H and O–H groups in total. The van der Waals surface area contributed by atoms with Crippen molar-refractivity contribution in [1.82, 2.24) is 39.9 Å². The summed E-state index contributed by atoms with van der Waals surface area (Å²) in [5, 5.41) is -2.93. The van der Waals surface area contributed by atoms with Crippen molar-refractivity contribution < 1.29 is 52.7 Å². The van der Waals surface area contributed by atoms with Crippen LogP contribution in [0.1, 0.15) is 22.3 Å². The summed E-state index contributed by atoms with van der Waals surface area (Å²) in [5.74, 6) is -1.35. The molecular formula is C36H14F12N8. The lowest BCUT2D eigenvalue weighted by atomic mass is 9.88. The molecule has 0 spiro atoms. The van der Waals surface area contributed by atoms with E-state index in [2.05, 4.69) is 39.9 Å². The summed E-state index contributed by atoms with van der Waals surface area (Å²) in [5.41, 5.74) is -15.3. The van der Waals surface area contributed by atoms with Gasteiger partial charge in [-0.1, -0.05) is 72.8 Å². The normalized spacial score (nSPS) is 13.4. The fraction of sp³-hybridized carbons (Fsp3) is 0.111. The van der Waals surface area contributed by atoms with Crippen LogP contribution >= 0.6 is 0 Å². The van der Waals surface area contributed by atoms with Gasteiger partial charge in [0.2, 0.25) is 0 Å². The Kier molecular flexibility index (Phi) is 7.19. The number of hydrogen-bond acceptors (Lipinski definition) is 6. The maximum atomic E-state index is 15.0. The van der Waals surface area contributed by atoms with Crippen LogP contribution in [0.2, 0.25) is 0 Å². The third kappa shape index (κ3) is 5.33. The highest BCUT2D eigenvalue weighted by atomic mass is 19.4. The number of aromatic amines is 2. The van der Waals surface area contributed by atoms with Crippen LogP contribution < -0.4 is 0 Å². The van der Waals surface area contributed by atoms with Gasteiger partial charge in [-0.3, -0.25) is 0 Å². The Morgan fingerprint density at radius 3 is 0.893 bits per heavy atom. The third-order valence-electron chi connectivity index (χ3n) is 9.13. The molecule has 0 amide bonds. The van der Waals surface area contributed by atoms with E-state index < -0.39 is 80.7 Å². The Labute approximate surface area is 302 Å². The van der Waals surface area contributed by atoms with Crippen molar-refractivity contribution >= 4 is 44.1 Å². The summed E-state index contributed by atoms with van der Waals surface area (Å²) in [4.78, 5) is 31.0. The van der Waals surface area contributed by atoms with Crippen LogP contribution in [0.3, 0.4) is 0 Å². The molecule has 282 valence electrons. The predicted molar refractivity (Wildman–Crippen MR) is 176 cm³/mol. The monoisotopic (exact) mass is 786 g/mol. The SMILES string of the molecule is FC(F)(F)c1c(C(F)(F)F)c(C(F)(F)F)c2c3nc4nc(nc5[nH]c(nc6nc(nc([nH]3)c2c1C(F)(F)F)-c1ccccc1-6)c1ccccc51)-c1ccccc1-4. The molecule has 2 aliphatic rings. The number of fused-ring (bicyclic) bond motifs is 20. The highest BCUT2D eigenvalue weighted by Gasteiger charge is 2.57.